The summed E-state index contributed by atoms with van der Waals surface area (Å²) in [5.74, 6) is 2.83. The Morgan fingerprint density at radius 2 is 1.81 bits per heavy atom. The molecule has 2 bridgehead atoms. The van der Waals surface area contributed by atoms with Gasteiger partial charge in [-0.2, -0.15) is 5.06 Å². The van der Waals surface area contributed by atoms with Crippen molar-refractivity contribution in [1.82, 2.24) is 15.3 Å². The Kier molecular flexibility index (Phi) is 12.8. The lowest BCUT2D eigenvalue weighted by molar-refractivity contribution is -0.183. The molecule has 5 fully saturated rings. The number of benzene rings is 2. The first-order chi connectivity index (χ1) is 25.8. The molecule has 10 nitrogen and oxygen atoms in total. The molecule has 1 heterocycles. The standard InChI is InChI=1S/C44H65N3O7/c1-26-31(19-32-22-35(26)44(32,3)4)21-37(50)41-40(27(2)49)39(25-48)54-47(41)23-30-15-12-16-33(42(30)53-8)29-17-18-38(52-7)34(20-29)43(51)45-36(24-46(5)6)28-13-10-9-11-14-28/h12,15-18,20,26-28,31-32,35-36,39-41,48-49H,9-11,13-14,19,21-25H2,1-8H3,(H,45,51)/t26-,27+,31-,32+,35+,36-,39+,40+,41-/m1/s1. The molecule has 0 radical (unpaired) electrons. The van der Waals surface area contributed by atoms with E-state index in [1.54, 1.807) is 26.2 Å². The van der Waals surface area contributed by atoms with E-state index in [1.165, 1.54) is 25.7 Å². The number of methoxy groups -OCH3 is 2. The molecule has 54 heavy (non-hydrogen) atoms. The summed E-state index contributed by atoms with van der Waals surface area (Å²) in [4.78, 5) is 36.8. The summed E-state index contributed by atoms with van der Waals surface area (Å²) in [5.41, 5.74) is 3.15. The zero-order chi connectivity index (χ0) is 38.9. The molecule has 0 spiro atoms. The van der Waals surface area contributed by atoms with Crippen molar-refractivity contribution in [2.24, 2.45) is 40.9 Å². The highest BCUT2D eigenvalue weighted by molar-refractivity contribution is 5.98. The average Bonchev–Trinajstić information content (AvgIpc) is 3.53. The molecule has 3 N–H and O–H groups in total. The molecule has 4 aliphatic carbocycles. The fraction of sp³-hybridized carbons (Fsp3) is 0.682. The summed E-state index contributed by atoms with van der Waals surface area (Å²) in [6, 6.07) is 10.8. The maximum atomic E-state index is 14.4. The van der Waals surface area contributed by atoms with E-state index in [0.717, 1.165) is 42.5 Å². The summed E-state index contributed by atoms with van der Waals surface area (Å²) >= 11 is 0. The van der Waals surface area contributed by atoms with E-state index in [4.69, 9.17) is 14.3 Å². The minimum absolute atomic E-state index is 0.0298. The molecule has 1 saturated heterocycles. The Hall–Kier alpha value is -3.02. The maximum Gasteiger partial charge on any atom is 0.255 e. The van der Waals surface area contributed by atoms with Crippen LogP contribution in [-0.4, -0.2) is 97.6 Å². The van der Waals surface area contributed by atoms with E-state index in [2.05, 4.69) is 31.0 Å². The molecule has 1 aliphatic heterocycles. The van der Waals surface area contributed by atoms with Gasteiger partial charge in [-0.05, 0) is 99.4 Å². The van der Waals surface area contributed by atoms with E-state index < -0.39 is 24.2 Å². The third-order valence-electron chi connectivity index (χ3n) is 13.9. The molecule has 9 atom stereocenters. The number of fused-ring (bicyclic) bond motifs is 2. The number of carbonyl (C=O) groups excluding carboxylic acids is 2. The Labute approximate surface area is 322 Å². The van der Waals surface area contributed by atoms with Gasteiger partial charge in [-0.25, -0.2) is 0 Å². The van der Waals surface area contributed by atoms with E-state index in [0.29, 0.717) is 58.5 Å². The van der Waals surface area contributed by atoms with Gasteiger partial charge in [0.25, 0.3) is 5.91 Å². The molecule has 1 amide bonds. The number of carbonyl (C=O) groups is 2. The smallest absolute Gasteiger partial charge is 0.255 e. The number of hydroxylamine groups is 2. The number of rotatable bonds is 15. The molecule has 2 aromatic carbocycles. The highest BCUT2D eigenvalue weighted by atomic mass is 16.7. The van der Waals surface area contributed by atoms with Crippen LogP contribution in [0.3, 0.4) is 0 Å². The second-order valence-corrected chi connectivity index (χ2v) is 17.7. The number of Topliss-reactive ketones (excluding diaryl/α,β-unsaturated/α-hetero) is 1. The monoisotopic (exact) mass is 747 g/mol. The second-order valence-electron chi connectivity index (χ2n) is 17.7. The van der Waals surface area contributed by atoms with Crippen LogP contribution in [0.4, 0.5) is 0 Å². The maximum absolute atomic E-state index is 14.4. The van der Waals surface area contributed by atoms with Gasteiger partial charge in [0, 0.05) is 36.1 Å². The third-order valence-corrected chi connectivity index (χ3v) is 13.9. The van der Waals surface area contributed by atoms with Gasteiger partial charge in [-0.15, -0.1) is 0 Å². The van der Waals surface area contributed by atoms with Gasteiger partial charge in [0.2, 0.25) is 0 Å². The number of nitrogens with one attached hydrogen (secondary N) is 1. The highest BCUT2D eigenvalue weighted by Gasteiger charge is 2.57. The van der Waals surface area contributed by atoms with Crippen molar-refractivity contribution in [3.05, 3.63) is 47.5 Å². The topological polar surface area (TPSA) is 121 Å². The minimum atomic E-state index is -0.857. The molecule has 0 aromatic heterocycles. The number of likely N-dealkylation sites (N-methyl/N-ethyl adjacent to an activating group) is 1. The number of amides is 1. The van der Waals surface area contributed by atoms with Gasteiger partial charge >= 0.3 is 0 Å². The summed E-state index contributed by atoms with van der Waals surface area (Å²) in [6.45, 7) is 9.38. The number of hydrogen-bond donors (Lipinski definition) is 3. The Bertz CT molecular complexity index is 1620. The molecule has 7 rings (SSSR count). The zero-order valence-corrected chi connectivity index (χ0v) is 33.8. The van der Waals surface area contributed by atoms with E-state index in [-0.39, 0.29) is 30.9 Å². The molecule has 4 saturated carbocycles. The van der Waals surface area contributed by atoms with Crippen LogP contribution < -0.4 is 14.8 Å². The van der Waals surface area contributed by atoms with Crippen molar-refractivity contribution in [2.45, 2.75) is 110 Å². The molecular formula is C44H65N3O7. The van der Waals surface area contributed by atoms with Crippen LogP contribution in [-0.2, 0) is 16.2 Å². The first kappa shape index (κ1) is 40.6. The van der Waals surface area contributed by atoms with Crippen LogP contribution in [0.2, 0.25) is 0 Å². The molecule has 5 aliphatic rings. The summed E-state index contributed by atoms with van der Waals surface area (Å²) in [6.07, 6.45) is 7.01. The normalized spacial score (nSPS) is 29.4. The molecule has 10 heteroatoms. The predicted molar refractivity (Wildman–Crippen MR) is 210 cm³/mol. The lowest BCUT2D eigenvalue weighted by Gasteiger charge is -2.62. The lowest BCUT2D eigenvalue weighted by atomic mass is 9.43. The van der Waals surface area contributed by atoms with Crippen molar-refractivity contribution >= 4 is 11.7 Å². The zero-order valence-electron chi connectivity index (χ0n) is 33.8. The summed E-state index contributed by atoms with van der Waals surface area (Å²) in [7, 11) is 7.29. The van der Waals surface area contributed by atoms with Crippen LogP contribution >= 0.6 is 0 Å². The van der Waals surface area contributed by atoms with Gasteiger partial charge in [0.1, 0.15) is 23.6 Å². The Morgan fingerprint density at radius 1 is 1.07 bits per heavy atom. The van der Waals surface area contributed by atoms with Crippen LogP contribution in [0.15, 0.2) is 36.4 Å². The first-order valence-electron chi connectivity index (χ1n) is 20.3. The quantitative estimate of drug-likeness (QED) is 0.191. The van der Waals surface area contributed by atoms with Crippen molar-refractivity contribution in [3.8, 4) is 22.6 Å². The molecule has 0 unspecified atom stereocenters. The van der Waals surface area contributed by atoms with Crippen LogP contribution in [0.25, 0.3) is 11.1 Å². The number of hydrogen-bond acceptors (Lipinski definition) is 9. The van der Waals surface area contributed by atoms with Crippen molar-refractivity contribution in [3.63, 3.8) is 0 Å². The SMILES string of the molecule is COc1ccc(-c2cccc(CN3O[C@@H](CO)[C@H]([C@H](C)O)[C@H]3C(=O)C[C@H]3C[C@H]4C[C@@H]([C@@H]3C)C4(C)C)c2OC)cc1C(=O)N[C@H](CN(C)C)C1CCCCC1. The van der Waals surface area contributed by atoms with Crippen LogP contribution in [0.5, 0.6) is 11.5 Å². The van der Waals surface area contributed by atoms with E-state index in [1.807, 2.05) is 50.5 Å². The van der Waals surface area contributed by atoms with Crippen LogP contribution in [0, 0.1) is 40.9 Å². The third kappa shape index (κ3) is 8.10. The number of para-hydroxylation sites is 1. The first-order valence-corrected chi connectivity index (χ1v) is 20.3. The van der Waals surface area contributed by atoms with Gasteiger partial charge in [-0.1, -0.05) is 64.3 Å². The fourth-order valence-electron chi connectivity index (χ4n) is 10.7. The Morgan fingerprint density at radius 3 is 2.43 bits per heavy atom. The summed E-state index contributed by atoms with van der Waals surface area (Å²) in [5, 5.41) is 26.4. The molecular weight excluding hydrogens is 682 g/mol. The fourth-order valence-corrected chi connectivity index (χ4v) is 10.7. The van der Waals surface area contributed by atoms with Crippen molar-refractivity contribution in [2.75, 3.05) is 41.5 Å². The van der Waals surface area contributed by atoms with Gasteiger partial charge < -0.3 is 29.9 Å². The van der Waals surface area contributed by atoms with E-state index in [9.17, 15) is 19.8 Å². The summed E-state index contributed by atoms with van der Waals surface area (Å²) < 4.78 is 11.8. The number of aliphatic hydroxyl groups is 2. The minimum Gasteiger partial charge on any atom is -0.496 e. The molecule has 2 aromatic rings. The van der Waals surface area contributed by atoms with Gasteiger partial charge in [0.05, 0.1) is 39.0 Å². The number of nitrogens with zero attached hydrogens (tertiary/aromatic N) is 2. The number of ether oxygens (including phenoxy) is 2. The van der Waals surface area contributed by atoms with Crippen LogP contribution in [0.1, 0.15) is 95.0 Å². The molecule has 298 valence electrons. The van der Waals surface area contributed by atoms with Gasteiger partial charge in [-0.3, -0.25) is 14.4 Å². The lowest BCUT2D eigenvalue weighted by Crippen LogP contribution is -2.55. The second kappa shape index (κ2) is 17.0. The van der Waals surface area contributed by atoms with Crippen molar-refractivity contribution in [1.29, 1.82) is 0 Å². The highest BCUT2D eigenvalue weighted by Crippen LogP contribution is 2.63. The average molecular weight is 748 g/mol. The van der Waals surface area contributed by atoms with Gasteiger partial charge in [0.15, 0.2) is 5.78 Å². The predicted octanol–water partition coefficient (Wildman–Crippen LogP) is 6.36. The van der Waals surface area contributed by atoms with Crippen molar-refractivity contribution < 1.29 is 34.1 Å². The van der Waals surface area contributed by atoms with E-state index >= 15 is 0 Å². The Balaban J connectivity index is 1.26. The largest absolute Gasteiger partial charge is 0.496 e. The number of ketones is 1. The number of aliphatic hydroxyl groups excluding tert-OH is 2.